The van der Waals surface area contributed by atoms with E-state index in [9.17, 15) is 14.4 Å². The summed E-state index contributed by atoms with van der Waals surface area (Å²) in [7, 11) is 1.29. The first-order valence-corrected chi connectivity index (χ1v) is 10.5. The highest BCUT2D eigenvalue weighted by Gasteiger charge is 2.31. The predicted molar refractivity (Wildman–Crippen MR) is 115 cm³/mol. The molecule has 1 aliphatic heterocycles. The number of hydrogen-bond donors (Lipinski definition) is 1. The van der Waals surface area contributed by atoms with Gasteiger partial charge in [0.15, 0.2) is 0 Å². The fourth-order valence-corrected chi connectivity index (χ4v) is 3.76. The zero-order valence-corrected chi connectivity index (χ0v) is 19.2. The van der Waals surface area contributed by atoms with Crippen LogP contribution in [0, 0.1) is 5.92 Å². The first-order valence-electron chi connectivity index (χ1n) is 9.79. The van der Waals surface area contributed by atoms with E-state index in [2.05, 4.69) is 5.32 Å². The molecule has 0 aliphatic carbocycles. The molecule has 7 nitrogen and oxygen atoms in total. The number of amides is 2. The van der Waals surface area contributed by atoms with Crippen molar-refractivity contribution < 1.29 is 23.9 Å². The van der Waals surface area contributed by atoms with Gasteiger partial charge < -0.3 is 19.7 Å². The Morgan fingerprint density at radius 1 is 1.13 bits per heavy atom. The van der Waals surface area contributed by atoms with Crippen LogP contribution in [0.25, 0.3) is 0 Å². The molecule has 1 aromatic rings. The zero-order valence-electron chi connectivity index (χ0n) is 17.7. The van der Waals surface area contributed by atoms with Crippen LogP contribution < -0.4 is 5.32 Å². The fourth-order valence-electron chi connectivity index (χ4n) is 3.22. The second-order valence-electron chi connectivity index (χ2n) is 8.29. The number of halogens is 2. The third-order valence-electron chi connectivity index (χ3n) is 4.72. The van der Waals surface area contributed by atoms with E-state index < -0.39 is 17.6 Å². The lowest BCUT2D eigenvalue weighted by Gasteiger charge is -2.33. The van der Waals surface area contributed by atoms with Crippen LogP contribution >= 0.6 is 23.2 Å². The molecule has 0 aromatic heterocycles. The highest BCUT2D eigenvalue weighted by Crippen LogP contribution is 2.27. The molecular formula is C21H28Cl2N2O5. The second-order valence-corrected chi connectivity index (χ2v) is 9.16. The van der Waals surface area contributed by atoms with Gasteiger partial charge in [-0.25, -0.2) is 4.79 Å². The fraction of sp³-hybridized carbons (Fsp3) is 0.571. The van der Waals surface area contributed by atoms with E-state index in [-0.39, 0.29) is 24.3 Å². The molecule has 1 aromatic carbocycles. The lowest BCUT2D eigenvalue weighted by molar-refractivity contribution is -0.141. The molecule has 1 N–H and O–H groups in total. The summed E-state index contributed by atoms with van der Waals surface area (Å²) in [5.74, 6) is -0.932. The summed E-state index contributed by atoms with van der Waals surface area (Å²) in [6, 6.07) is 4.28. The van der Waals surface area contributed by atoms with Crippen molar-refractivity contribution in [3.8, 4) is 0 Å². The van der Waals surface area contributed by atoms with Gasteiger partial charge in [-0.05, 0) is 57.4 Å². The van der Waals surface area contributed by atoms with Gasteiger partial charge in [-0.2, -0.15) is 0 Å². The Morgan fingerprint density at radius 3 is 2.20 bits per heavy atom. The first-order chi connectivity index (χ1) is 14.0. The number of carbonyl (C=O) groups is 3. The van der Waals surface area contributed by atoms with Gasteiger partial charge in [0.05, 0.1) is 19.6 Å². The Labute approximate surface area is 187 Å². The summed E-state index contributed by atoms with van der Waals surface area (Å²) < 4.78 is 10.1. The molecule has 0 unspecified atom stereocenters. The smallest absolute Gasteiger partial charge is 0.410 e. The SMILES string of the molecule is COC(=O)C[C@H](NC(=O)C1CCN(C(=O)OC(C)(C)C)CC1)c1cc(Cl)cc(Cl)c1. The van der Waals surface area contributed by atoms with Crippen molar-refractivity contribution in [2.45, 2.75) is 51.7 Å². The van der Waals surface area contributed by atoms with Crippen LogP contribution in [-0.4, -0.2) is 48.7 Å². The van der Waals surface area contributed by atoms with E-state index in [4.69, 9.17) is 32.7 Å². The van der Waals surface area contributed by atoms with Gasteiger partial charge in [-0.1, -0.05) is 23.2 Å². The predicted octanol–water partition coefficient (Wildman–Crippen LogP) is 4.36. The Kier molecular flexibility index (Phi) is 8.38. The molecule has 1 saturated heterocycles. The van der Waals surface area contributed by atoms with Crippen molar-refractivity contribution in [1.82, 2.24) is 10.2 Å². The van der Waals surface area contributed by atoms with Crippen molar-refractivity contribution in [3.05, 3.63) is 33.8 Å². The molecule has 9 heteroatoms. The van der Waals surface area contributed by atoms with Crippen LogP contribution in [0.15, 0.2) is 18.2 Å². The summed E-state index contributed by atoms with van der Waals surface area (Å²) in [6.45, 7) is 6.30. The van der Waals surface area contributed by atoms with Crippen LogP contribution in [-0.2, 0) is 19.1 Å². The number of benzene rings is 1. The number of methoxy groups -OCH3 is 1. The van der Waals surface area contributed by atoms with Crippen molar-refractivity contribution in [1.29, 1.82) is 0 Å². The van der Waals surface area contributed by atoms with E-state index in [1.165, 1.54) is 7.11 Å². The minimum Gasteiger partial charge on any atom is -0.469 e. The molecule has 0 spiro atoms. The van der Waals surface area contributed by atoms with Crippen LogP contribution in [0.1, 0.15) is 51.6 Å². The molecule has 0 saturated carbocycles. The highest BCUT2D eigenvalue weighted by molar-refractivity contribution is 6.34. The first kappa shape index (κ1) is 24.3. The molecular weight excluding hydrogens is 431 g/mol. The maximum absolute atomic E-state index is 12.9. The van der Waals surface area contributed by atoms with Crippen LogP contribution in [0.2, 0.25) is 10.0 Å². The van der Waals surface area contributed by atoms with Gasteiger partial charge in [-0.15, -0.1) is 0 Å². The normalized spacial score (nSPS) is 16.0. The third-order valence-corrected chi connectivity index (χ3v) is 5.16. The topological polar surface area (TPSA) is 84.9 Å². The molecule has 1 aliphatic rings. The molecule has 0 radical (unpaired) electrons. The summed E-state index contributed by atoms with van der Waals surface area (Å²) in [4.78, 5) is 38.5. The van der Waals surface area contributed by atoms with Crippen LogP contribution in [0.3, 0.4) is 0 Å². The van der Waals surface area contributed by atoms with Crippen LogP contribution in [0.5, 0.6) is 0 Å². The van der Waals surface area contributed by atoms with E-state index in [1.807, 2.05) is 20.8 Å². The quantitative estimate of drug-likeness (QED) is 0.662. The molecule has 30 heavy (non-hydrogen) atoms. The van der Waals surface area contributed by atoms with Gasteiger partial charge in [0.1, 0.15) is 5.60 Å². The molecule has 0 bridgehead atoms. The average molecular weight is 459 g/mol. The summed E-state index contributed by atoms with van der Waals surface area (Å²) in [6.07, 6.45) is 0.590. The van der Waals surface area contributed by atoms with Crippen molar-refractivity contribution in [2.75, 3.05) is 20.2 Å². The number of piperidine rings is 1. The van der Waals surface area contributed by atoms with Crippen molar-refractivity contribution >= 4 is 41.2 Å². The number of nitrogens with zero attached hydrogens (tertiary/aromatic N) is 1. The maximum Gasteiger partial charge on any atom is 0.410 e. The number of nitrogens with one attached hydrogen (secondary N) is 1. The molecule has 2 amide bonds. The molecule has 166 valence electrons. The van der Waals surface area contributed by atoms with E-state index in [1.54, 1.807) is 23.1 Å². The molecule has 2 rings (SSSR count). The largest absolute Gasteiger partial charge is 0.469 e. The van der Waals surface area contributed by atoms with E-state index in [0.717, 1.165) is 0 Å². The molecule has 1 atom stereocenters. The summed E-state index contributed by atoms with van der Waals surface area (Å²) in [5, 5.41) is 3.73. The van der Waals surface area contributed by atoms with Crippen molar-refractivity contribution in [2.24, 2.45) is 5.92 Å². The number of esters is 1. The van der Waals surface area contributed by atoms with Gasteiger partial charge in [0.2, 0.25) is 5.91 Å². The minimum absolute atomic E-state index is 0.0460. The Bertz CT molecular complexity index is 766. The Morgan fingerprint density at radius 2 is 1.70 bits per heavy atom. The lowest BCUT2D eigenvalue weighted by atomic mass is 9.94. The average Bonchev–Trinajstić information content (AvgIpc) is 2.65. The summed E-state index contributed by atoms with van der Waals surface area (Å²) >= 11 is 12.2. The highest BCUT2D eigenvalue weighted by atomic mass is 35.5. The number of likely N-dealkylation sites (tertiary alicyclic amines) is 1. The van der Waals surface area contributed by atoms with Gasteiger partial charge in [0, 0.05) is 29.1 Å². The number of ether oxygens (including phenoxy) is 2. The molecule has 1 fully saturated rings. The summed E-state index contributed by atoms with van der Waals surface area (Å²) in [5.41, 5.74) is 0.0578. The Balaban J connectivity index is 2.02. The number of hydrogen-bond acceptors (Lipinski definition) is 5. The van der Waals surface area contributed by atoms with Gasteiger partial charge in [-0.3, -0.25) is 9.59 Å². The number of carbonyl (C=O) groups excluding carboxylic acids is 3. The van der Waals surface area contributed by atoms with Gasteiger partial charge in [0.25, 0.3) is 0 Å². The molecule has 1 heterocycles. The Hall–Kier alpha value is -1.99. The lowest BCUT2D eigenvalue weighted by Crippen LogP contribution is -2.45. The van der Waals surface area contributed by atoms with E-state index >= 15 is 0 Å². The van der Waals surface area contributed by atoms with Gasteiger partial charge >= 0.3 is 12.1 Å². The van der Waals surface area contributed by atoms with Crippen molar-refractivity contribution in [3.63, 3.8) is 0 Å². The standard InChI is InChI=1S/C21H28Cl2N2O5/c1-21(2,3)30-20(28)25-7-5-13(6-8-25)19(27)24-17(12-18(26)29-4)14-9-15(22)11-16(23)10-14/h9-11,13,17H,5-8,12H2,1-4H3,(H,24,27)/t17-/m0/s1. The van der Waals surface area contributed by atoms with E-state index in [0.29, 0.717) is 41.5 Å². The second kappa shape index (κ2) is 10.4. The monoisotopic (exact) mass is 458 g/mol. The van der Waals surface area contributed by atoms with Crippen LogP contribution in [0.4, 0.5) is 4.79 Å². The third kappa shape index (κ3) is 7.36. The minimum atomic E-state index is -0.620. The maximum atomic E-state index is 12.9. The zero-order chi connectivity index (χ0) is 22.5. The number of rotatable bonds is 5.